The van der Waals surface area contributed by atoms with Gasteiger partial charge in [-0.2, -0.15) is 0 Å². The fourth-order valence-corrected chi connectivity index (χ4v) is 4.30. The first-order valence-corrected chi connectivity index (χ1v) is 15.4. The summed E-state index contributed by atoms with van der Waals surface area (Å²) in [5.41, 5.74) is 8.04. The largest absolute Gasteiger partial charge is 3.00 e. The van der Waals surface area contributed by atoms with Crippen molar-refractivity contribution in [1.82, 2.24) is 19.9 Å². The van der Waals surface area contributed by atoms with Crippen LogP contribution in [0.4, 0.5) is 0 Å². The van der Waals surface area contributed by atoms with Gasteiger partial charge in [0, 0.05) is 24.8 Å². The predicted molar refractivity (Wildman–Crippen MR) is 198 cm³/mol. The van der Waals surface area contributed by atoms with Gasteiger partial charge in [-0.3, -0.25) is 0 Å². The van der Waals surface area contributed by atoms with Crippen molar-refractivity contribution in [3.63, 3.8) is 0 Å². The number of hydrogen-bond acceptors (Lipinski definition) is 6. The molecule has 52 heavy (non-hydrogen) atoms. The second kappa shape index (κ2) is 26.5. The van der Waals surface area contributed by atoms with Gasteiger partial charge in [0.25, 0.3) is 0 Å². The summed E-state index contributed by atoms with van der Waals surface area (Å²) in [7, 11) is 0. The van der Waals surface area contributed by atoms with Crippen LogP contribution in [0.2, 0.25) is 0 Å². The maximum absolute atomic E-state index is 4.22. The van der Waals surface area contributed by atoms with E-state index in [4.69, 9.17) is 0 Å². The van der Waals surface area contributed by atoms with E-state index in [1.54, 1.807) is 24.8 Å². The molecule has 0 saturated heterocycles. The van der Waals surface area contributed by atoms with Crippen LogP contribution in [0.25, 0.3) is 45.0 Å². The van der Waals surface area contributed by atoms with E-state index in [9.17, 15) is 0 Å². The van der Waals surface area contributed by atoms with Crippen LogP contribution >= 0.6 is 0 Å². The van der Waals surface area contributed by atoms with Crippen LogP contribution in [0.5, 0.6) is 0 Å². The minimum absolute atomic E-state index is 0. The number of pyridine rings is 4. The predicted octanol–water partition coefficient (Wildman–Crippen LogP) is 9.84. The van der Waals surface area contributed by atoms with E-state index in [2.05, 4.69) is 44.2 Å². The Kier molecular flexibility index (Phi) is 22.8. The van der Waals surface area contributed by atoms with Crippen molar-refractivity contribution in [1.29, 1.82) is 0 Å². The normalized spacial score (nSPS) is 8.92. The molecule has 0 unspecified atom stereocenters. The Morgan fingerprint density at radius 2 is 0.481 bits per heavy atom. The van der Waals surface area contributed by atoms with Gasteiger partial charge in [0.05, 0.1) is 0 Å². The van der Waals surface area contributed by atoms with Crippen LogP contribution in [0.3, 0.4) is 0 Å². The van der Waals surface area contributed by atoms with Gasteiger partial charge in [-0.15, -0.1) is 144 Å². The first-order chi connectivity index (χ1) is 23.9. The molecular formula is C44H34Ir2N4O2. The maximum atomic E-state index is 4.22. The molecule has 0 aliphatic carbocycles. The zero-order valence-corrected chi connectivity index (χ0v) is 32.6. The molecule has 8 rings (SSSR count). The Balaban J connectivity index is 0.000000338. The summed E-state index contributed by atoms with van der Waals surface area (Å²) in [5, 5.41) is 0. The van der Waals surface area contributed by atoms with Gasteiger partial charge in [-0.05, 0) is 47.0 Å². The summed E-state index contributed by atoms with van der Waals surface area (Å²) in [5.74, 6) is 0. The molecule has 260 valence electrons. The number of hydrogen-bond donors (Lipinski definition) is 0. The molecule has 4 aromatic carbocycles. The topological polar surface area (TPSA) is 112 Å². The minimum atomic E-state index is 0. The first-order valence-electron chi connectivity index (χ1n) is 15.4. The molecule has 4 aromatic heterocycles. The third kappa shape index (κ3) is 15.3. The van der Waals surface area contributed by atoms with Crippen LogP contribution in [-0.4, -0.2) is 30.9 Å². The van der Waals surface area contributed by atoms with Crippen LogP contribution in [-0.2, 0) is 40.2 Å². The van der Waals surface area contributed by atoms with E-state index in [1.165, 1.54) is 0 Å². The van der Waals surface area contributed by atoms with Crippen molar-refractivity contribution >= 4 is 0 Å². The van der Waals surface area contributed by atoms with Gasteiger partial charge < -0.3 is 30.9 Å². The van der Waals surface area contributed by atoms with Crippen LogP contribution in [0.1, 0.15) is 0 Å². The Morgan fingerprint density at radius 3 is 0.635 bits per heavy atom. The van der Waals surface area contributed by atoms with Crippen LogP contribution in [0.15, 0.2) is 195 Å². The van der Waals surface area contributed by atoms with Crippen molar-refractivity contribution in [3.8, 4) is 45.0 Å². The Bertz CT molecular complexity index is 1530. The summed E-state index contributed by atoms with van der Waals surface area (Å²) in [4.78, 5) is 16.9. The van der Waals surface area contributed by atoms with Crippen LogP contribution < -0.4 is 0 Å². The standard InChI is InChI=1S/4C11H8N.2Ir.2H2O/c4*1-2-6-10(7-3-1)11-8-4-5-9-12-11;;;;/h4*1-6,8-9H;;;2*1H2/q4*-1;2*+3;;/p-2. The molecule has 4 heterocycles. The maximum Gasteiger partial charge on any atom is 3.00 e. The van der Waals surface area contributed by atoms with Crippen molar-refractivity contribution in [2.24, 2.45) is 0 Å². The fourth-order valence-electron chi connectivity index (χ4n) is 4.30. The molecule has 0 saturated carbocycles. The van der Waals surface area contributed by atoms with E-state index >= 15 is 0 Å². The first kappa shape index (κ1) is 44.7. The molecule has 0 radical (unpaired) electrons. The van der Waals surface area contributed by atoms with Gasteiger partial charge in [-0.25, -0.2) is 0 Å². The molecule has 8 aromatic rings. The molecule has 0 aliphatic heterocycles. The van der Waals surface area contributed by atoms with E-state index in [1.807, 2.05) is 170 Å². The Labute approximate surface area is 333 Å². The van der Waals surface area contributed by atoms with Crippen molar-refractivity contribution in [2.75, 3.05) is 0 Å². The third-order valence-electron chi connectivity index (χ3n) is 6.60. The Hall–Kier alpha value is -5.30. The summed E-state index contributed by atoms with van der Waals surface area (Å²) in [6, 6.07) is 67.3. The van der Waals surface area contributed by atoms with E-state index in [0.717, 1.165) is 45.0 Å². The molecule has 0 aliphatic rings. The van der Waals surface area contributed by atoms with E-state index in [0.29, 0.717) is 0 Å². The third-order valence-corrected chi connectivity index (χ3v) is 6.60. The smallest absolute Gasteiger partial charge is 0.870 e. The average Bonchev–Trinajstić information content (AvgIpc) is 3.21. The molecule has 0 fully saturated rings. The number of benzene rings is 4. The quantitative estimate of drug-likeness (QED) is 0.162. The molecule has 8 heteroatoms. The van der Waals surface area contributed by atoms with Gasteiger partial charge in [-0.1, -0.05) is 48.5 Å². The summed E-state index contributed by atoms with van der Waals surface area (Å²) in [6.45, 7) is 0. The second-order valence-electron chi connectivity index (χ2n) is 9.96. The zero-order valence-electron chi connectivity index (χ0n) is 27.8. The monoisotopic (exact) mass is 1040 g/mol. The molecule has 0 spiro atoms. The van der Waals surface area contributed by atoms with Gasteiger partial charge in [0.2, 0.25) is 0 Å². The molecule has 6 nitrogen and oxygen atoms in total. The summed E-state index contributed by atoms with van der Waals surface area (Å²) < 4.78 is 0. The van der Waals surface area contributed by atoms with Crippen LogP contribution in [0, 0.1) is 24.3 Å². The average molecular weight is 1040 g/mol. The van der Waals surface area contributed by atoms with E-state index < -0.39 is 0 Å². The molecule has 0 atom stereocenters. The number of rotatable bonds is 4. The van der Waals surface area contributed by atoms with E-state index in [-0.39, 0.29) is 51.2 Å². The van der Waals surface area contributed by atoms with Gasteiger partial charge in [0.15, 0.2) is 0 Å². The van der Waals surface area contributed by atoms with Crippen molar-refractivity contribution in [3.05, 3.63) is 219 Å². The van der Waals surface area contributed by atoms with Gasteiger partial charge >= 0.3 is 40.2 Å². The van der Waals surface area contributed by atoms with Crippen molar-refractivity contribution < 1.29 is 51.2 Å². The Morgan fingerprint density at radius 1 is 0.269 bits per heavy atom. The molecular weight excluding hydrogens is 1000 g/mol. The number of nitrogens with zero attached hydrogens (tertiary/aromatic N) is 4. The van der Waals surface area contributed by atoms with Gasteiger partial charge in [0.1, 0.15) is 0 Å². The summed E-state index contributed by atoms with van der Waals surface area (Å²) >= 11 is 0. The zero-order chi connectivity index (χ0) is 32.9. The van der Waals surface area contributed by atoms with Crippen molar-refractivity contribution in [2.45, 2.75) is 0 Å². The second-order valence-corrected chi connectivity index (χ2v) is 9.96. The number of aromatic nitrogens is 4. The fraction of sp³-hybridized carbons (Fsp3) is 0. The molecule has 2 N–H and O–H groups in total. The molecule has 0 bridgehead atoms. The summed E-state index contributed by atoms with van der Waals surface area (Å²) in [6.07, 6.45) is 7.15. The minimum Gasteiger partial charge on any atom is -0.870 e. The SMILES string of the molecule is [Ir+3].[Ir+3].[OH-].[OH-].[c-]1ccccc1-c1ccccn1.[c-]1ccccc1-c1ccccn1.[c-]1ccccc1-c1ccccn1.[c-]1ccccc1-c1ccccn1. The molecule has 0 amide bonds.